The zero-order valence-corrected chi connectivity index (χ0v) is 7.90. The Morgan fingerprint density at radius 3 is 2.79 bits per heavy atom. The van der Waals surface area contributed by atoms with Crippen LogP contribution in [0.2, 0.25) is 0 Å². The van der Waals surface area contributed by atoms with Gasteiger partial charge in [0.05, 0.1) is 12.6 Å². The molecule has 1 rings (SSSR count). The molecular formula is C8H14N2O4. The topological polar surface area (TPSA) is 102 Å². The smallest absolute Gasteiger partial charge is 0.405 e. The van der Waals surface area contributed by atoms with Gasteiger partial charge in [-0.05, 0) is 6.42 Å². The zero-order chi connectivity index (χ0) is 10.7. The van der Waals surface area contributed by atoms with Crippen molar-refractivity contribution in [3.8, 4) is 0 Å². The van der Waals surface area contributed by atoms with Crippen molar-refractivity contribution in [2.75, 3.05) is 6.61 Å². The second-order valence-corrected chi connectivity index (χ2v) is 3.23. The minimum atomic E-state index is -0.970. The third-order valence-electron chi connectivity index (χ3n) is 2.40. The summed E-state index contributed by atoms with van der Waals surface area (Å²) in [6, 6.07) is -0.350. The maximum atomic E-state index is 11.3. The van der Waals surface area contributed by atoms with E-state index in [0.29, 0.717) is 6.42 Å². The standard InChI is InChI=1S/C8H14N2O4/c1-2-4-5(3-11)10-7(12)6(4)14-8(9)13/h4-6,11H,2-3H2,1H3,(H2,9,13)(H,10,12)/t4-,5+,6?/m0/s1. The van der Waals surface area contributed by atoms with E-state index in [1.165, 1.54) is 0 Å². The second-order valence-electron chi connectivity index (χ2n) is 3.23. The summed E-state index contributed by atoms with van der Waals surface area (Å²) in [5.74, 6) is -0.602. The Balaban J connectivity index is 2.71. The molecule has 2 amide bonds. The first-order valence-electron chi connectivity index (χ1n) is 4.47. The molecule has 0 spiro atoms. The van der Waals surface area contributed by atoms with Crippen molar-refractivity contribution < 1.29 is 19.4 Å². The molecule has 0 aromatic heterocycles. The predicted molar refractivity (Wildman–Crippen MR) is 47.3 cm³/mol. The minimum Gasteiger partial charge on any atom is -0.436 e. The first kappa shape index (κ1) is 10.8. The van der Waals surface area contributed by atoms with E-state index in [2.05, 4.69) is 10.1 Å². The first-order valence-corrected chi connectivity index (χ1v) is 4.47. The Bertz CT molecular complexity index is 243. The van der Waals surface area contributed by atoms with Gasteiger partial charge >= 0.3 is 6.09 Å². The number of aliphatic hydroxyl groups excluding tert-OH is 1. The predicted octanol–water partition coefficient (Wildman–Crippen LogP) is -1.03. The number of amides is 2. The fraction of sp³-hybridized carbons (Fsp3) is 0.750. The van der Waals surface area contributed by atoms with Gasteiger partial charge in [0, 0.05) is 5.92 Å². The van der Waals surface area contributed by atoms with Crippen LogP contribution < -0.4 is 11.1 Å². The van der Waals surface area contributed by atoms with E-state index in [-0.39, 0.29) is 18.6 Å². The van der Waals surface area contributed by atoms with Gasteiger partial charge in [-0.25, -0.2) is 4.79 Å². The number of ether oxygens (including phenoxy) is 1. The Hall–Kier alpha value is -1.30. The molecule has 4 N–H and O–H groups in total. The highest BCUT2D eigenvalue weighted by molar-refractivity contribution is 5.86. The van der Waals surface area contributed by atoms with Crippen LogP contribution in [0.25, 0.3) is 0 Å². The number of nitrogens with one attached hydrogen (secondary N) is 1. The fourth-order valence-electron chi connectivity index (χ4n) is 1.72. The fourth-order valence-corrected chi connectivity index (χ4v) is 1.72. The molecule has 0 bridgehead atoms. The Morgan fingerprint density at radius 1 is 1.71 bits per heavy atom. The summed E-state index contributed by atoms with van der Waals surface area (Å²) in [4.78, 5) is 21.8. The summed E-state index contributed by atoms with van der Waals surface area (Å²) in [5.41, 5.74) is 4.83. The molecule has 1 aliphatic heterocycles. The number of nitrogens with two attached hydrogens (primary N) is 1. The molecule has 1 fully saturated rings. The molecular weight excluding hydrogens is 188 g/mol. The van der Waals surface area contributed by atoms with E-state index in [1.807, 2.05) is 6.92 Å². The molecule has 80 valence electrons. The van der Waals surface area contributed by atoms with Gasteiger partial charge in [0.15, 0.2) is 6.10 Å². The number of carbonyl (C=O) groups excluding carboxylic acids is 2. The highest BCUT2D eigenvalue weighted by Crippen LogP contribution is 2.23. The van der Waals surface area contributed by atoms with E-state index in [1.54, 1.807) is 0 Å². The van der Waals surface area contributed by atoms with Gasteiger partial charge in [0.25, 0.3) is 5.91 Å². The maximum absolute atomic E-state index is 11.3. The lowest BCUT2D eigenvalue weighted by atomic mass is 9.96. The molecule has 1 unspecified atom stereocenters. The van der Waals surface area contributed by atoms with Crippen LogP contribution in [0.5, 0.6) is 0 Å². The molecule has 6 nitrogen and oxygen atoms in total. The number of hydrogen-bond donors (Lipinski definition) is 3. The van der Waals surface area contributed by atoms with Gasteiger partial charge < -0.3 is 20.9 Å². The Morgan fingerprint density at radius 2 is 2.36 bits per heavy atom. The molecule has 6 heteroatoms. The number of carbonyl (C=O) groups is 2. The Labute approximate surface area is 81.4 Å². The van der Waals surface area contributed by atoms with Crippen molar-refractivity contribution in [2.45, 2.75) is 25.5 Å². The minimum absolute atomic E-state index is 0.164. The Kier molecular flexibility index (Phi) is 3.29. The molecule has 1 aliphatic rings. The normalized spacial score (nSPS) is 31.3. The molecule has 3 atom stereocenters. The van der Waals surface area contributed by atoms with Gasteiger partial charge in [-0.2, -0.15) is 0 Å². The van der Waals surface area contributed by atoms with Crippen LogP contribution in [0.1, 0.15) is 13.3 Å². The third-order valence-corrected chi connectivity index (χ3v) is 2.40. The number of hydrogen-bond acceptors (Lipinski definition) is 4. The molecule has 1 saturated heterocycles. The van der Waals surface area contributed by atoms with Crippen molar-refractivity contribution in [3.63, 3.8) is 0 Å². The lowest BCUT2D eigenvalue weighted by Crippen LogP contribution is -2.33. The maximum Gasteiger partial charge on any atom is 0.405 e. The van der Waals surface area contributed by atoms with E-state index in [0.717, 1.165) is 0 Å². The van der Waals surface area contributed by atoms with Crippen molar-refractivity contribution in [3.05, 3.63) is 0 Å². The van der Waals surface area contributed by atoms with Crippen molar-refractivity contribution in [2.24, 2.45) is 11.7 Å². The lowest BCUT2D eigenvalue weighted by Gasteiger charge is -2.18. The number of aliphatic hydroxyl groups is 1. The van der Waals surface area contributed by atoms with Crippen LogP contribution in [0.3, 0.4) is 0 Å². The van der Waals surface area contributed by atoms with Gasteiger partial charge in [0.1, 0.15) is 0 Å². The van der Waals surface area contributed by atoms with Crippen molar-refractivity contribution in [1.82, 2.24) is 5.32 Å². The zero-order valence-electron chi connectivity index (χ0n) is 7.90. The molecule has 0 aromatic rings. The van der Waals surface area contributed by atoms with Crippen molar-refractivity contribution >= 4 is 12.0 Å². The van der Waals surface area contributed by atoms with E-state index >= 15 is 0 Å². The van der Waals surface area contributed by atoms with E-state index in [4.69, 9.17) is 10.8 Å². The average Bonchev–Trinajstić information content (AvgIpc) is 2.42. The molecule has 1 heterocycles. The molecule has 0 aliphatic carbocycles. The molecule has 14 heavy (non-hydrogen) atoms. The summed E-state index contributed by atoms with van der Waals surface area (Å²) in [6.45, 7) is 1.69. The van der Waals surface area contributed by atoms with Crippen LogP contribution >= 0.6 is 0 Å². The van der Waals surface area contributed by atoms with Crippen LogP contribution in [0, 0.1) is 5.92 Å². The van der Waals surface area contributed by atoms with Crippen LogP contribution in [0.15, 0.2) is 0 Å². The summed E-state index contributed by atoms with van der Waals surface area (Å²) in [5, 5.41) is 11.5. The van der Waals surface area contributed by atoms with Crippen LogP contribution in [0.4, 0.5) is 4.79 Å². The first-order chi connectivity index (χ1) is 6.60. The highest BCUT2D eigenvalue weighted by atomic mass is 16.6. The van der Waals surface area contributed by atoms with Gasteiger partial charge in [0.2, 0.25) is 0 Å². The van der Waals surface area contributed by atoms with Gasteiger partial charge in [-0.1, -0.05) is 6.92 Å². The molecule has 0 aromatic carbocycles. The van der Waals surface area contributed by atoms with Crippen LogP contribution in [-0.2, 0) is 9.53 Å². The summed E-state index contributed by atoms with van der Waals surface area (Å²) >= 11 is 0. The largest absolute Gasteiger partial charge is 0.436 e. The second kappa shape index (κ2) is 4.28. The SMILES string of the molecule is CC[C@@H]1C(OC(N)=O)C(=O)N[C@@H]1CO. The lowest BCUT2D eigenvalue weighted by molar-refractivity contribution is -0.127. The summed E-state index contributed by atoms with van der Waals surface area (Å²) in [6.07, 6.45) is -1.21. The number of primary amides is 1. The molecule has 0 radical (unpaired) electrons. The monoisotopic (exact) mass is 202 g/mol. The van der Waals surface area contributed by atoms with E-state index in [9.17, 15) is 9.59 Å². The average molecular weight is 202 g/mol. The van der Waals surface area contributed by atoms with Gasteiger partial charge in [-0.15, -0.1) is 0 Å². The quantitative estimate of drug-likeness (QED) is 0.544. The van der Waals surface area contributed by atoms with Crippen LogP contribution in [-0.4, -0.2) is 35.9 Å². The van der Waals surface area contributed by atoms with Gasteiger partial charge in [-0.3, -0.25) is 4.79 Å². The number of rotatable bonds is 3. The highest BCUT2D eigenvalue weighted by Gasteiger charge is 2.43. The van der Waals surface area contributed by atoms with E-state index < -0.39 is 18.1 Å². The molecule has 0 saturated carbocycles. The summed E-state index contributed by atoms with van der Waals surface area (Å²) in [7, 11) is 0. The van der Waals surface area contributed by atoms with Crippen molar-refractivity contribution in [1.29, 1.82) is 0 Å². The summed E-state index contributed by atoms with van der Waals surface area (Å²) < 4.78 is 4.67. The third kappa shape index (κ3) is 1.95.